The van der Waals surface area contributed by atoms with Gasteiger partial charge >= 0.3 is 6.03 Å². The van der Waals surface area contributed by atoms with Crippen LogP contribution in [-0.2, 0) is 6.54 Å². The number of anilines is 1. The first-order valence-corrected chi connectivity index (χ1v) is 9.44. The number of rotatable bonds is 6. The molecule has 0 unspecified atom stereocenters. The molecule has 7 heteroatoms. The number of nitrogens with zero attached hydrogens (tertiary/aromatic N) is 1. The lowest BCUT2D eigenvalue weighted by Gasteiger charge is -2.23. The fraction of sp³-hybridized carbons (Fsp3) is 0.273. The van der Waals surface area contributed by atoms with Crippen LogP contribution in [0.5, 0.6) is 5.75 Å². The van der Waals surface area contributed by atoms with Gasteiger partial charge in [-0.3, -0.25) is 4.79 Å². The Morgan fingerprint density at radius 1 is 1.24 bits per heavy atom. The quantitative estimate of drug-likeness (QED) is 0.646. The molecule has 1 aromatic heterocycles. The molecule has 0 saturated carbocycles. The summed E-state index contributed by atoms with van der Waals surface area (Å²) in [6, 6.07) is 11.2. The molecular formula is C22H24FN3O3. The van der Waals surface area contributed by atoms with Crippen molar-refractivity contribution >= 4 is 22.6 Å². The highest BCUT2D eigenvalue weighted by Crippen LogP contribution is 2.25. The van der Waals surface area contributed by atoms with Gasteiger partial charge < -0.3 is 19.9 Å². The number of urea groups is 1. The molecule has 0 saturated heterocycles. The van der Waals surface area contributed by atoms with Gasteiger partial charge in [-0.05, 0) is 42.7 Å². The first kappa shape index (κ1) is 20.4. The van der Waals surface area contributed by atoms with Crippen LogP contribution in [0.15, 0.2) is 47.3 Å². The minimum atomic E-state index is -0.377. The predicted octanol–water partition coefficient (Wildman–Crippen LogP) is 4.43. The van der Waals surface area contributed by atoms with E-state index in [-0.39, 0.29) is 24.0 Å². The van der Waals surface area contributed by atoms with Crippen molar-refractivity contribution < 1.29 is 13.9 Å². The topological polar surface area (TPSA) is 74.4 Å². The number of carbonyl (C=O) groups is 1. The van der Waals surface area contributed by atoms with E-state index in [1.807, 2.05) is 19.1 Å². The number of ether oxygens (including phenoxy) is 1. The van der Waals surface area contributed by atoms with Gasteiger partial charge in [0.2, 0.25) is 5.56 Å². The second-order valence-electron chi connectivity index (χ2n) is 6.86. The summed E-state index contributed by atoms with van der Waals surface area (Å²) < 4.78 is 19.1. The molecule has 0 spiro atoms. The van der Waals surface area contributed by atoms with Crippen LogP contribution in [0.3, 0.4) is 0 Å². The number of benzene rings is 2. The van der Waals surface area contributed by atoms with Gasteiger partial charge in [-0.25, -0.2) is 9.18 Å². The van der Waals surface area contributed by atoms with Crippen LogP contribution < -0.4 is 15.6 Å². The van der Waals surface area contributed by atoms with Gasteiger partial charge in [0.05, 0.1) is 12.6 Å². The Kier molecular flexibility index (Phi) is 6.16. The van der Waals surface area contributed by atoms with E-state index in [4.69, 9.17) is 4.74 Å². The van der Waals surface area contributed by atoms with E-state index in [0.29, 0.717) is 34.6 Å². The van der Waals surface area contributed by atoms with Crippen LogP contribution in [0.25, 0.3) is 10.9 Å². The summed E-state index contributed by atoms with van der Waals surface area (Å²) in [5.74, 6) is 0.181. The Balaban J connectivity index is 1.91. The summed E-state index contributed by atoms with van der Waals surface area (Å²) in [5, 5.41) is 3.54. The lowest BCUT2D eigenvalue weighted by Crippen LogP contribution is -2.35. The number of halogens is 1. The SMILES string of the molecule is CCCN(Cc1cc(=O)[nH]c2c(OC)cccc12)C(=O)Nc1ccc(C)c(F)c1. The fourth-order valence-electron chi connectivity index (χ4n) is 3.22. The largest absolute Gasteiger partial charge is 0.495 e. The second kappa shape index (κ2) is 8.77. The number of H-pyrrole nitrogens is 1. The molecule has 0 radical (unpaired) electrons. The Hall–Kier alpha value is -3.35. The summed E-state index contributed by atoms with van der Waals surface area (Å²) in [6.07, 6.45) is 0.736. The molecular weight excluding hydrogens is 373 g/mol. The number of aryl methyl sites for hydroxylation is 1. The molecule has 0 bridgehead atoms. The highest BCUT2D eigenvalue weighted by Gasteiger charge is 2.17. The molecule has 3 rings (SSSR count). The van der Waals surface area contributed by atoms with Gasteiger partial charge in [0, 0.05) is 30.2 Å². The maximum Gasteiger partial charge on any atom is 0.322 e. The second-order valence-corrected chi connectivity index (χ2v) is 6.86. The van der Waals surface area contributed by atoms with Crippen LogP contribution in [0.2, 0.25) is 0 Å². The van der Waals surface area contributed by atoms with E-state index in [1.165, 1.54) is 19.2 Å². The molecule has 1 heterocycles. The summed E-state index contributed by atoms with van der Waals surface area (Å²) in [6.45, 7) is 4.35. The third-order valence-electron chi connectivity index (χ3n) is 4.71. The maximum atomic E-state index is 13.8. The number of nitrogens with one attached hydrogen (secondary N) is 2. The van der Waals surface area contributed by atoms with Crippen molar-refractivity contribution in [2.45, 2.75) is 26.8 Å². The van der Waals surface area contributed by atoms with Gasteiger partial charge in [-0.15, -0.1) is 0 Å². The number of carbonyl (C=O) groups excluding carboxylic acids is 1. The summed E-state index contributed by atoms with van der Waals surface area (Å²) >= 11 is 0. The minimum absolute atomic E-state index is 0.238. The Bertz CT molecular complexity index is 1090. The van der Waals surface area contributed by atoms with Crippen molar-refractivity contribution in [3.8, 4) is 5.75 Å². The van der Waals surface area contributed by atoms with E-state index in [0.717, 1.165) is 11.8 Å². The average Bonchev–Trinajstić information content (AvgIpc) is 2.69. The van der Waals surface area contributed by atoms with E-state index in [1.54, 1.807) is 30.0 Å². The first-order valence-electron chi connectivity index (χ1n) is 9.44. The normalized spacial score (nSPS) is 10.8. The number of para-hydroxylation sites is 1. The summed E-state index contributed by atoms with van der Waals surface area (Å²) in [7, 11) is 1.54. The molecule has 29 heavy (non-hydrogen) atoms. The van der Waals surface area contributed by atoms with Gasteiger partial charge in [-0.2, -0.15) is 0 Å². The number of amides is 2. The fourth-order valence-corrected chi connectivity index (χ4v) is 3.22. The van der Waals surface area contributed by atoms with E-state index in [9.17, 15) is 14.0 Å². The lowest BCUT2D eigenvalue weighted by atomic mass is 10.1. The van der Waals surface area contributed by atoms with Crippen molar-refractivity contribution in [3.05, 3.63) is 69.8 Å². The lowest BCUT2D eigenvalue weighted by molar-refractivity contribution is 0.209. The van der Waals surface area contributed by atoms with Crippen molar-refractivity contribution in [2.24, 2.45) is 0 Å². The van der Waals surface area contributed by atoms with Crippen molar-refractivity contribution in [3.63, 3.8) is 0 Å². The molecule has 0 atom stereocenters. The standard InChI is InChI=1S/C22H24FN3O3/c1-4-10-26(22(28)24-16-9-8-14(2)18(23)12-16)13-15-11-20(27)25-21-17(15)6-5-7-19(21)29-3/h5-9,11-12H,4,10,13H2,1-3H3,(H,24,28)(H,25,27). The average molecular weight is 397 g/mol. The molecule has 2 amide bonds. The van der Waals surface area contributed by atoms with Crippen LogP contribution in [0.1, 0.15) is 24.5 Å². The molecule has 2 aromatic carbocycles. The monoisotopic (exact) mass is 397 g/mol. The number of pyridine rings is 1. The van der Waals surface area contributed by atoms with Crippen LogP contribution in [-0.4, -0.2) is 29.6 Å². The third kappa shape index (κ3) is 4.56. The zero-order valence-electron chi connectivity index (χ0n) is 16.7. The van der Waals surface area contributed by atoms with Crippen molar-refractivity contribution in [1.29, 1.82) is 0 Å². The third-order valence-corrected chi connectivity index (χ3v) is 4.71. The zero-order valence-corrected chi connectivity index (χ0v) is 16.7. The molecule has 2 N–H and O–H groups in total. The number of hydrogen-bond acceptors (Lipinski definition) is 3. The van der Waals surface area contributed by atoms with Gasteiger partial charge in [0.15, 0.2) is 0 Å². The van der Waals surface area contributed by atoms with Gasteiger partial charge in [0.25, 0.3) is 0 Å². The number of aromatic nitrogens is 1. The summed E-state index contributed by atoms with van der Waals surface area (Å²) in [4.78, 5) is 29.4. The molecule has 0 fully saturated rings. The number of methoxy groups -OCH3 is 1. The predicted molar refractivity (Wildman–Crippen MR) is 112 cm³/mol. The van der Waals surface area contributed by atoms with E-state index in [2.05, 4.69) is 10.3 Å². The van der Waals surface area contributed by atoms with Crippen molar-refractivity contribution in [1.82, 2.24) is 9.88 Å². The highest BCUT2D eigenvalue weighted by molar-refractivity contribution is 5.91. The highest BCUT2D eigenvalue weighted by atomic mass is 19.1. The molecule has 0 aliphatic carbocycles. The smallest absolute Gasteiger partial charge is 0.322 e. The molecule has 152 valence electrons. The van der Waals surface area contributed by atoms with Crippen LogP contribution in [0.4, 0.5) is 14.9 Å². The van der Waals surface area contributed by atoms with Crippen molar-refractivity contribution in [2.75, 3.05) is 19.0 Å². The number of hydrogen-bond donors (Lipinski definition) is 2. The van der Waals surface area contributed by atoms with E-state index >= 15 is 0 Å². The molecule has 0 aliphatic heterocycles. The van der Waals surface area contributed by atoms with Gasteiger partial charge in [-0.1, -0.05) is 25.1 Å². The summed E-state index contributed by atoms with van der Waals surface area (Å²) in [5.41, 5.74) is 1.93. The molecule has 3 aromatic rings. The maximum absolute atomic E-state index is 13.8. The van der Waals surface area contributed by atoms with E-state index < -0.39 is 0 Å². The Morgan fingerprint density at radius 3 is 2.72 bits per heavy atom. The van der Waals surface area contributed by atoms with Crippen LogP contribution >= 0.6 is 0 Å². The Labute approximate surface area is 168 Å². The number of fused-ring (bicyclic) bond motifs is 1. The first-order chi connectivity index (χ1) is 13.9. The molecule has 0 aliphatic rings. The van der Waals surface area contributed by atoms with Crippen LogP contribution in [0, 0.1) is 12.7 Å². The molecule has 6 nitrogen and oxygen atoms in total. The minimum Gasteiger partial charge on any atom is -0.495 e. The Morgan fingerprint density at radius 2 is 2.03 bits per heavy atom. The number of aromatic amines is 1. The van der Waals surface area contributed by atoms with Gasteiger partial charge in [0.1, 0.15) is 11.6 Å². The zero-order chi connectivity index (χ0) is 21.0.